The van der Waals surface area contributed by atoms with E-state index < -0.39 is 6.61 Å². The zero-order chi connectivity index (χ0) is 17.3. The summed E-state index contributed by atoms with van der Waals surface area (Å²) < 4.78 is 29.0. The monoisotopic (exact) mass is 345 g/mol. The van der Waals surface area contributed by atoms with E-state index in [1.54, 1.807) is 23.9 Å². The molecule has 0 aliphatic heterocycles. The number of nitrogens with zero attached hydrogens (tertiary/aromatic N) is 1. The van der Waals surface area contributed by atoms with Crippen LogP contribution in [0.2, 0.25) is 0 Å². The van der Waals surface area contributed by atoms with Crippen LogP contribution < -0.4 is 15.4 Å². The topological polar surface area (TPSA) is 45.7 Å². The number of hydrogen-bond acceptors (Lipinski definition) is 3. The molecule has 0 aliphatic carbocycles. The van der Waals surface area contributed by atoms with E-state index in [-0.39, 0.29) is 10.5 Å². The minimum absolute atomic E-state index is 0.0984. The molecular weight excluding hydrogens is 320 g/mol. The Morgan fingerprint density at radius 1 is 1.35 bits per heavy atom. The van der Waals surface area contributed by atoms with E-state index in [4.69, 9.17) is 0 Å². The maximum atomic E-state index is 12.2. The van der Waals surface area contributed by atoms with Gasteiger partial charge in [-0.05, 0) is 44.7 Å². The lowest BCUT2D eigenvalue weighted by Crippen LogP contribution is -2.43. The second-order valence-electron chi connectivity index (χ2n) is 5.54. The number of halogens is 2. The zero-order valence-corrected chi connectivity index (χ0v) is 14.8. The van der Waals surface area contributed by atoms with Crippen LogP contribution in [-0.2, 0) is 6.54 Å². The molecule has 0 heterocycles. The Balaban J connectivity index is 2.69. The maximum absolute atomic E-state index is 12.2. The highest BCUT2D eigenvalue weighted by atomic mass is 32.2. The largest absolute Gasteiger partial charge is 0.435 e. The minimum Gasteiger partial charge on any atom is -0.435 e. The molecule has 23 heavy (non-hydrogen) atoms. The number of guanidine groups is 1. The van der Waals surface area contributed by atoms with Crippen molar-refractivity contribution in [2.75, 3.05) is 19.3 Å². The number of thioether (sulfide) groups is 1. The Hall–Kier alpha value is -1.50. The van der Waals surface area contributed by atoms with Gasteiger partial charge in [0.15, 0.2) is 5.96 Å². The average molecular weight is 345 g/mol. The van der Waals surface area contributed by atoms with E-state index in [0.29, 0.717) is 12.5 Å². The van der Waals surface area contributed by atoms with Gasteiger partial charge in [-0.15, -0.1) is 0 Å². The van der Waals surface area contributed by atoms with Crippen molar-refractivity contribution in [1.29, 1.82) is 0 Å². The molecule has 0 unspecified atom stereocenters. The third-order valence-electron chi connectivity index (χ3n) is 3.12. The van der Waals surface area contributed by atoms with Gasteiger partial charge in [0.05, 0.1) is 6.54 Å². The molecule has 1 aromatic rings. The van der Waals surface area contributed by atoms with Crippen molar-refractivity contribution < 1.29 is 13.5 Å². The van der Waals surface area contributed by atoms with Crippen LogP contribution in [0.5, 0.6) is 5.75 Å². The van der Waals surface area contributed by atoms with Gasteiger partial charge in [0.1, 0.15) is 5.75 Å². The van der Waals surface area contributed by atoms with Gasteiger partial charge in [0, 0.05) is 17.8 Å². The second-order valence-corrected chi connectivity index (χ2v) is 7.05. The van der Waals surface area contributed by atoms with Gasteiger partial charge in [0.2, 0.25) is 0 Å². The van der Waals surface area contributed by atoms with Gasteiger partial charge in [-0.1, -0.05) is 12.1 Å². The maximum Gasteiger partial charge on any atom is 0.387 e. The van der Waals surface area contributed by atoms with Gasteiger partial charge in [-0.25, -0.2) is 4.99 Å². The number of alkyl halides is 2. The molecule has 0 aliphatic rings. The predicted molar refractivity (Wildman–Crippen MR) is 93.5 cm³/mol. The van der Waals surface area contributed by atoms with E-state index in [9.17, 15) is 8.78 Å². The van der Waals surface area contributed by atoms with Crippen LogP contribution in [0.3, 0.4) is 0 Å². The smallest absolute Gasteiger partial charge is 0.387 e. The fourth-order valence-electron chi connectivity index (χ4n) is 1.70. The molecule has 1 rings (SSSR count). The van der Waals surface area contributed by atoms with Gasteiger partial charge in [-0.2, -0.15) is 20.5 Å². The molecule has 130 valence electrons. The Bertz CT molecular complexity index is 510. The summed E-state index contributed by atoms with van der Waals surface area (Å²) in [5, 5.41) is 6.47. The molecule has 0 bridgehead atoms. The van der Waals surface area contributed by atoms with Crippen LogP contribution in [0.15, 0.2) is 29.3 Å². The lowest BCUT2D eigenvalue weighted by molar-refractivity contribution is -0.0498. The van der Waals surface area contributed by atoms with E-state index in [1.807, 2.05) is 13.0 Å². The second kappa shape index (κ2) is 9.60. The minimum atomic E-state index is -2.82. The summed E-state index contributed by atoms with van der Waals surface area (Å²) in [5.41, 5.74) is 0.810. The van der Waals surface area contributed by atoms with Crippen molar-refractivity contribution >= 4 is 17.7 Å². The quantitative estimate of drug-likeness (QED) is 0.559. The van der Waals surface area contributed by atoms with Gasteiger partial charge < -0.3 is 15.4 Å². The molecule has 7 heteroatoms. The van der Waals surface area contributed by atoms with Crippen molar-refractivity contribution in [3.05, 3.63) is 29.8 Å². The first-order chi connectivity index (χ1) is 10.9. The summed E-state index contributed by atoms with van der Waals surface area (Å²) in [4.78, 5) is 4.48. The van der Waals surface area contributed by atoms with Gasteiger partial charge >= 0.3 is 6.61 Å². The summed E-state index contributed by atoms with van der Waals surface area (Å²) in [7, 11) is 0. The number of benzene rings is 1. The van der Waals surface area contributed by atoms with Crippen LogP contribution in [0.1, 0.15) is 26.3 Å². The Morgan fingerprint density at radius 3 is 2.70 bits per heavy atom. The zero-order valence-electron chi connectivity index (χ0n) is 14.0. The first kappa shape index (κ1) is 19.5. The highest BCUT2D eigenvalue weighted by molar-refractivity contribution is 7.99. The van der Waals surface area contributed by atoms with Crippen LogP contribution in [0.4, 0.5) is 8.78 Å². The average Bonchev–Trinajstić information content (AvgIpc) is 2.50. The van der Waals surface area contributed by atoms with Crippen molar-refractivity contribution in [2.45, 2.75) is 38.7 Å². The molecule has 0 aromatic heterocycles. The van der Waals surface area contributed by atoms with Crippen molar-refractivity contribution in [1.82, 2.24) is 10.6 Å². The number of rotatable bonds is 8. The standard InChI is InChI=1S/C16H25F2N3OS/c1-5-19-15(21-11-16(2,3)23-4)20-10-12-7-6-8-13(9-12)22-14(17)18/h6-9,14H,5,10-11H2,1-4H3,(H2,19,20,21). The number of aliphatic imine (C=N–C) groups is 1. The summed E-state index contributed by atoms with van der Waals surface area (Å²) in [6.07, 6.45) is 2.07. The van der Waals surface area contributed by atoms with E-state index in [2.05, 4.69) is 40.5 Å². The normalized spacial score (nSPS) is 12.4. The van der Waals surface area contributed by atoms with Gasteiger partial charge in [-0.3, -0.25) is 0 Å². The number of hydrogen-bond donors (Lipinski definition) is 2. The Morgan fingerprint density at radius 2 is 2.09 bits per heavy atom. The van der Waals surface area contributed by atoms with Crippen LogP contribution in [-0.4, -0.2) is 36.7 Å². The highest BCUT2D eigenvalue weighted by Gasteiger charge is 2.16. The molecule has 4 nitrogen and oxygen atoms in total. The molecular formula is C16H25F2N3OS. The first-order valence-electron chi connectivity index (χ1n) is 7.47. The molecule has 0 radical (unpaired) electrons. The van der Waals surface area contributed by atoms with Crippen molar-refractivity contribution in [3.8, 4) is 5.75 Å². The number of nitrogens with one attached hydrogen (secondary N) is 2. The molecule has 2 N–H and O–H groups in total. The predicted octanol–water partition coefficient (Wildman–Crippen LogP) is 3.48. The molecule has 1 aromatic carbocycles. The molecule has 0 amide bonds. The summed E-state index contributed by atoms with van der Waals surface area (Å²) >= 11 is 1.78. The molecule has 0 saturated carbocycles. The third kappa shape index (κ3) is 8.06. The lowest BCUT2D eigenvalue weighted by Gasteiger charge is -2.23. The molecule has 0 spiro atoms. The fourth-order valence-corrected chi connectivity index (χ4v) is 1.92. The summed E-state index contributed by atoms with van der Waals surface area (Å²) in [6, 6.07) is 6.59. The fraction of sp³-hybridized carbons (Fsp3) is 0.562. The molecule has 0 fully saturated rings. The number of ether oxygens (including phenoxy) is 1. The van der Waals surface area contributed by atoms with E-state index >= 15 is 0 Å². The molecule has 0 atom stereocenters. The first-order valence-corrected chi connectivity index (χ1v) is 8.70. The van der Waals surface area contributed by atoms with Crippen LogP contribution in [0.25, 0.3) is 0 Å². The lowest BCUT2D eigenvalue weighted by atomic mass is 10.2. The SMILES string of the molecule is CCNC(=NCc1cccc(OC(F)F)c1)NCC(C)(C)SC. The Labute approximate surface area is 141 Å². The summed E-state index contributed by atoms with van der Waals surface area (Å²) in [5.74, 6) is 0.851. The third-order valence-corrected chi connectivity index (χ3v) is 4.37. The Kier molecular flexibility index (Phi) is 8.16. The van der Waals surface area contributed by atoms with Gasteiger partial charge in [0.25, 0.3) is 0 Å². The van der Waals surface area contributed by atoms with Crippen molar-refractivity contribution in [3.63, 3.8) is 0 Å². The molecule has 0 saturated heterocycles. The van der Waals surface area contributed by atoms with E-state index in [1.165, 1.54) is 6.07 Å². The summed E-state index contributed by atoms with van der Waals surface area (Å²) in [6.45, 7) is 5.39. The highest BCUT2D eigenvalue weighted by Crippen LogP contribution is 2.19. The van der Waals surface area contributed by atoms with E-state index in [0.717, 1.165) is 18.7 Å². The van der Waals surface area contributed by atoms with Crippen LogP contribution in [0, 0.1) is 0 Å². The van der Waals surface area contributed by atoms with Crippen LogP contribution >= 0.6 is 11.8 Å². The van der Waals surface area contributed by atoms with Crippen molar-refractivity contribution in [2.24, 2.45) is 4.99 Å².